The zero-order valence-electron chi connectivity index (χ0n) is 17.8. The Morgan fingerprint density at radius 1 is 1.28 bits per heavy atom. The molecule has 1 N–H and O–H groups in total. The minimum absolute atomic E-state index is 0.0238. The summed E-state index contributed by atoms with van der Waals surface area (Å²) in [6, 6.07) is 12.4. The van der Waals surface area contributed by atoms with Crippen molar-refractivity contribution in [3.05, 3.63) is 58.9 Å². The first-order valence-corrected chi connectivity index (χ1v) is 11.3. The molecule has 0 aliphatic carbocycles. The van der Waals surface area contributed by atoms with Crippen LogP contribution in [0, 0.1) is 6.92 Å². The van der Waals surface area contributed by atoms with Crippen LogP contribution in [0.4, 0.5) is 11.4 Å². The average molecular weight is 472 g/mol. The van der Waals surface area contributed by atoms with Gasteiger partial charge in [-0.25, -0.2) is 0 Å². The average Bonchev–Trinajstić information content (AvgIpc) is 3.14. The van der Waals surface area contributed by atoms with Gasteiger partial charge >= 0.3 is 0 Å². The molecule has 0 radical (unpaired) electrons. The van der Waals surface area contributed by atoms with Crippen molar-refractivity contribution in [2.75, 3.05) is 22.6 Å². The summed E-state index contributed by atoms with van der Waals surface area (Å²) in [6.07, 6.45) is 0. The number of amides is 2. The molecule has 3 aromatic rings. The van der Waals surface area contributed by atoms with Gasteiger partial charge in [-0.3, -0.25) is 14.5 Å². The fourth-order valence-corrected chi connectivity index (χ4v) is 4.37. The first-order valence-electron chi connectivity index (χ1n) is 9.97. The van der Waals surface area contributed by atoms with Gasteiger partial charge in [0.1, 0.15) is 5.75 Å². The Kier molecular flexibility index (Phi) is 6.38. The normalized spacial score (nSPS) is 14.0. The van der Waals surface area contributed by atoms with Crippen molar-refractivity contribution in [1.29, 1.82) is 0 Å². The van der Waals surface area contributed by atoms with Gasteiger partial charge in [0.05, 0.1) is 17.5 Å². The molecule has 0 saturated heterocycles. The molecule has 1 aliphatic rings. The third kappa shape index (κ3) is 4.44. The molecule has 0 bridgehead atoms. The van der Waals surface area contributed by atoms with Gasteiger partial charge in [0.15, 0.2) is 17.6 Å². The quantitative estimate of drug-likeness (QED) is 0.547. The molecule has 2 heterocycles. The molecule has 4 rings (SSSR count). The molecule has 1 aliphatic heterocycles. The summed E-state index contributed by atoms with van der Waals surface area (Å²) in [5, 5.41) is 12.5. The molecule has 0 saturated carbocycles. The smallest absolute Gasteiger partial charge is 0.265 e. The van der Waals surface area contributed by atoms with Crippen molar-refractivity contribution in [2.24, 2.45) is 7.05 Å². The van der Waals surface area contributed by atoms with E-state index < -0.39 is 0 Å². The van der Waals surface area contributed by atoms with E-state index in [1.54, 1.807) is 15.5 Å². The Morgan fingerprint density at radius 2 is 2.06 bits per heavy atom. The molecule has 2 aromatic carbocycles. The van der Waals surface area contributed by atoms with Crippen LogP contribution in [0.3, 0.4) is 0 Å². The van der Waals surface area contributed by atoms with Gasteiger partial charge in [-0.2, -0.15) is 0 Å². The second-order valence-electron chi connectivity index (χ2n) is 7.40. The van der Waals surface area contributed by atoms with Crippen LogP contribution in [-0.4, -0.2) is 38.9 Å². The van der Waals surface area contributed by atoms with E-state index >= 15 is 0 Å². The summed E-state index contributed by atoms with van der Waals surface area (Å²) in [5.41, 5.74) is 2.29. The van der Waals surface area contributed by atoms with E-state index in [0.29, 0.717) is 33.1 Å². The maximum absolute atomic E-state index is 12.6. The maximum Gasteiger partial charge on any atom is 0.265 e. The molecule has 1 aromatic heterocycles. The number of ether oxygens (including phenoxy) is 1. The topological polar surface area (TPSA) is 89.3 Å². The van der Waals surface area contributed by atoms with Crippen LogP contribution in [0.1, 0.15) is 24.4 Å². The number of rotatable bonds is 6. The van der Waals surface area contributed by atoms with Gasteiger partial charge in [0.25, 0.3) is 5.91 Å². The Bertz CT molecular complexity index is 1180. The van der Waals surface area contributed by atoms with Gasteiger partial charge in [-0.05, 0) is 43.7 Å². The number of fused-ring (bicyclic) bond motifs is 1. The van der Waals surface area contributed by atoms with Crippen LogP contribution < -0.4 is 15.0 Å². The Labute approximate surface area is 194 Å². The van der Waals surface area contributed by atoms with E-state index in [2.05, 4.69) is 15.5 Å². The number of anilines is 2. The lowest BCUT2D eigenvalue weighted by molar-refractivity contribution is -0.121. The van der Waals surface area contributed by atoms with Gasteiger partial charge < -0.3 is 14.6 Å². The molecule has 32 heavy (non-hydrogen) atoms. The Balaban J connectivity index is 1.45. The summed E-state index contributed by atoms with van der Waals surface area (Å²) in [4.78, 5) is 26.6. The van der Waals surface area contributed by atoms with E-state index in [1.165, 1.54) is 11.8 Å². The molecular formula is C22H22ClN5O3S. The van der Waals surface area contributed by atoms with E-state index in [-0.39, 0.29) is 30.2 Å². The van der Waals surface area contributed by atoms with E-state index in [1.807, 2.05) is 57.3 Å². The van der Waals surface area contributed by atoms with Crippen molar-refractivity contribution in [3.8, 4) is 5.75 Å². The van der Waals surface area contributed by atoms with Crippen LogP contribution in [0.5, 0.6) is 5.75 Å². The van der Waals surface area contributed by atoms with Gasteiger partial charge in [0, 0.05) is 17.8 Å². The van der Waals surface area contributed by atoms with Crippen molar-refractivity contribution in [1.82, 2.24) is 14.8 Å². The zero-order valence-corrected chi connectivity index (χ0v) is 19.4. The second-order valence-corrected chi connectivity index (χ2v) is 8.75. The molecule has 1 atom stereocenters. The minimum Gasteiger partial charge on any atom is -0.482 e. The summed E-state index contributed by atoms with van der Waals surface area (Å²) in [6.45, 7) is 3.77. The van der Waals surface area contributed by atoms with Crippen molar-refractivity contribution >= 4 is 46.6 Å². The Morgan fingerprint density at radius 3 is 2.84 bits per heavy atom. The van der Waals surface area contributed by atoms with Crippen molar-refractivity contribution < 1.29 is 14.3 Å². The standard InChI is InChI=1S/C22H22ClN5O3S/c1-13-8-9-15(10-16(13)23)24-19(29)12-32-22-26-25-21(27(22)3)14(2)28-17-6-4-5-7-18(17)31-11-20(28)30/h4-10,14H,11-12H2,1-3H3,(H,24,29)/t14-/m1/s1. The highest BCUT2D eigenvalue weighted by Crippen LogP contribution is 2.37. The van der Waals surface area contributed by atoms with E-state index in [9.17, 15) is 9.59 Å². The predicted octanol–water partition coefficient (Wildman–Crippen LogP) is 3.99. The predicted molar refractivity (Wildman–Crippen MR) is 124 cm³/mol. The SMILES string of the molecule is Cc1ccc(NC(=O)CSc2nnc([C@@H](C)N3C(=O)COc4ccccc43)n2C)cc1Cl. The van der Waals surface area contributed by atoms with Crippen LogP contribution in [-0.2, 0) is 16.6 Å². The number of hydrogen-bond acceptors (Lipinski definition) is 6. The van der Waals surface area contributed by atoms with Gasteiger partial charge in [-0.15, -0.1) is 10.2 Å². The molecule has 10 heteroatoms. The van der Waals surface area contributed by atoms with Crippen LogP contribution in [0.25, 0.3) is 0 Å². The third-order valence-corrected chi connectivity index (χ3v) is 6.59. The number of para-hydroxylation sites is 2. The highest BCUT2D eigenvalue weighted by molar-refractivity contribution is 7.99. The number of benzene rings is 2. The lowest BCUT2D eigenvalue weighted by Crippen LogP contribution is -2.41. The van der Waals surface area contributed by atoms with Crippen LogP contribution in [0.15, 0.2) is 47.6 Å². The highest BCUT2D eigenvalue weighted by Gasteiger charge is 2.32. The molecule has 0 unspecified atom stereocenters. The molecule has 0 fully saturated rings. The molecule has 8 nitrogen and oxygen atoms in total. The zero-order chi connectivity index (χ0) is 22.8. The number of nitrogens with zero attached hydrogens (tertiary/aromatic N) is 4. The lowest BCUT2D eigenvalue weighted by Gasteiger charge is -2.33. The van der Waals surface area contributed by atoms with Crippen molar-refractivity contribution in [3.63, 3.8) is 0 Å². The summed E-state index contributed by atoms with van der Waals surface area (Å²) < 4.78 is 7.33. The number of halogens is 1. The Hall–Kier alpha value is -3.04. The monoisotopic (exact) mass is 471 g/mol. The first-order chi connectivity index (χ1) is 15.3. The molecular weight excluding hydrogens is 450 g/mol. The fourth-order valence-electron chi connectivity index (χ4n) is 3.48. The number of carbonyl (C=O) groups is 2. The maximum atomic E-state index is 12.6. The number of aryl methyl sites for hydroxylation is 1. The van der Waals surface area contributed by atoms with E-state index in [0.717, 1.165) is 5.56 Å². The molecule has 2 amide bonds. The molecule has 0 spiro atoms. The van der Waals surface area contributed by atoms with Crippen LogP contribution >= 0.6 is 23.4 Å². The minimum atomic E-state index is -0.358. The van der Waals surface area contributed by atoms with Crippen molar-refractivity contribution in [2.45, 2.75) is 25.0 Å². The number of carbonyl (C=O) groups excluding carboxylic acids is 2. The summed E-state index contributed by atoms with van der Waals surface area (Å²) in [5.74, 6) is 1.10. The molecule has 166 valence electrons. The lowest BCUT2D eigenvalue weighted by atomic mass is 10.1. The second kappa shape index (κ2) is 9.22. The van der Waals surface area contributed by atoms with Gasteiger partial charge in [-0.1, -0.05) is 41.6 Å². The summed E-state index contributed by atoms with van der Waals surface area (Å²) in [7, 11) is 1.82. The van der Waals surface area contributed by atoms with Gasteiger partial charge in [0.2, 0.25) is 5.91 Å². The van der Waals surface area contributed by atoms with E-state index in [4.69, 9.17) is 16.3 Å². The number of thioether (sulfide) groups is 1. The fraction of sp³-hybridized carbons (Fsp3) is 0.273. The largest absolute Gasteiger partial charge is 0.482 e. The first kappa shape index (κ1) is 22.2. The third-order valence-electron chi connectivity index (χ3n) is 5.16. The number of hydrogen-bond donors (Lipinski definition) is 1. The number of aromatic nitrogens is 3. The highest BCUT2D eigenvalue weighted by atomic mass is 35.5. The number of nitrogens with one attached hydrogen (secondary N) is 1. The summed E-state index contributed by atoms with van der Waals surface area (Å²) >= 11 is 7.38. The van der Waals surface area contributed by atoms with Crippen LogP contribution in [0.2, 0.25) is 5.02 Å².